The molecule has 0 aliphatic carbocycles. The molecule has 0 unspecified atom stereocenters. The first-order valence-corrected chi connectivity index (χ1v) is 10.8. The van der Waals surface area contributed by atoms with Gasteiger partial charge in [0, 0.05) is 26.7 Å². The monoisotopic (exact) mass is 433 g/mol. The van der Waals surface area contributed by atoms with Gasteiger partial charge in [0.25, 0.3) is 5.91 Å². The predicted molar refractivity (Wildman–Crippen MR) is 118 cm³/mol. The fourth-order valence-electron chi connectivity index (χ4n) is 3.54. The molecular formula is C23H35N3O5. The molecule has 0 radical (unpaired) electrons. The second-order valence-corrected chi connectivity index (χ2v) is 8.82. The van der Waals surface area contributed by atoms with Crippen molar-refractivity contribution in [3.63, 3.8) is 0 Å². The van der Waals surface area contributed by atoms with E-state index in [-0.39, 0.29) is 30.4 Å². The fourth-order valence-corrected chi connectivity index (χ4v) is 3.54. The third-order valence-electron chi connectivity index (χ3n) is 4.94. The number of ether oxygens (including phenoxy) is 2. The molecule has 1 aromatic rings. The summed E-state index contributed by atoms with van der Waals surface area (Å²) in [6, 6.07) is 6.97. The molecule has 0 saturated carbocycles. The van der Waals surface area contributed by atoms with Gasteiger partial charge in [0.2, 0.25) is 5.91 Å². The van der Waals surface area contributed by atoms with Gasteiger partial charge < -0.3 is 24.6 Å². The molecule has 8 nitrogen and oxygen atoms in total. The van der Waals surface area contributed by atoms with Crippen LogP contribution in [-0.2, 0) is 9.53 Å². The summed E-state index contributed by atoms with van der Waals surface area (Å²) in [7, 11) is 1.71. The molecule has 1 aromatic carbocycles. The Labute approximate surface area is 184 Å². The minimum Gasteiger partial charge on any atom is -0.493 e. The zero-order valence-electron chi connectivity index (χ0n) is 19.3. The van der Waals surface area contributed by atoms with Crippen LogP contribution in [0.1, 0.15) is 50.9 Å². The quantitative estimate of drug-likeness (QED) is 0.714. The molecule has 1 atom stereocenters. The number of carbonyl (C=O) groups is 3. The maximum Gasteiger partial charge on any atom is 0.410 e. The summed E-state index contributed by atoms with van der Waals surface area (Å²) in [5.41, 5.74) is -0.133. The van der Waals surface area contributed by atoms with Gasteiger partial charge in [0.15, 0.2) is 0 Å². The van der Waals surface area contributed by atoms with E-state index in [1.165, 1.54) is 0 Å². The van der Waals surface area contributed by atoms with Crippen LogP contribution in [-0.4, -0.2) is 73.1 Å². The standard InChI is InChI=1S/C23H35N3O5/c1-6-30-19-12-8-7-11-18(19)21(28)24-14-20(27)26-13-9-10-17(16-26)15-25(5)22(29)31-23(2,3)4/h7-8,11-12,17H,6,9-10,13-16H2,1-5H3,(H,24,28)/t17-/m0/s1. The first-order valence-electron chi connectivity index (χ1n) is 10.8. The van der Waals surface area contributed by atoms with Crippen LogP contribution >= 0.6 is 0 Å². The smallest absolute Gasteiger partial charge is 0.410 e. The van der Waals surface area contributed by atoms with Crippen molar-refractivity contribution in [2.24, 2.45) is 5.92 Å². The minimum atomic E-state index is -0.543. The molecule has 8 heteroatoms. The van der Waals surface area contributed by atoms with Gasteiger partial charge in [-0.15, -0.1) is 0 Å². The van der Waals surface area contributed by atoms with Gasteiger partial charge in [-0.3, -0.25) is 9.59 Å². The van der Waals surface area contributed by atoms with Crippen molar-refractivity contribution in [3.8, 4) is 5.75 Å². The number of benzene rings is 1. The van der Waals surface area contributed by atoms with E-state index in [2.05, 4.69) is 5.32 Å². The summed E-state index contributed by atoms with van der Waals surface area (Å²) in [6.07, 6.45) is 1.43. The SMILES string of the molecule is CCOc1ccccc1C(=O)NCC(=O)N1CCC[C@@H](CN(C)C(=O)OC(C)(C)C)C1. The molecule has 1 heterocycles. The third-order valence-corrected chi connectivity index (χ3v) is 4.94. The van der Waals surface area contributed by atoms with E-state index in [1.807, 2.05) is 27.7 Å². The van der Waals surface area contributed by atoms with Gasteiger partial charge in [-0.05, 0) is 58.6 Å². The van der Waals surface area contributed by atoms with E-state index < -0.39 is 5.60 Å². The summed E-state index contributed by atoms with van der Waals surface area (Å²) >= 11 is 0. The first kappa shape index (κ1) is 24.5. The number of nitrogens with zero attached hydrogens (tertiary/aromatic N) is 2. The molecule has 1 N–H and O–H groups in total. The largest absolute Gasteiger partial charge is 0.493 e. The molecule has 1 fully saturated rings. The Morgan fingerprint density at radius 1 is 1.23 bits per heavy atom. The van der Waals surface area contributed by atoms with E-state index in [9.17, 15) is 14.4 Å². The lowest BCUT2D eigenvalue weighted by Crippen LogP contribution is -2.47. The van der Waals surface area contributed by atoms with E-state index >= 15 is 0 Å². The molecule has 1 aliphatic heterocycles. The van der Waals surface area contributed by atoms with E-state index in [4.69, 9.17) is 9.47 Å². The number of para-hydroxylation sites is 1. The van der Waals surface area contributed by atoms with E-state index in [0.29, 0.717) is 37.6 Å². The molecule has 3 amide bonds. The van der Waals surface area contributed by atoms with Crippen molar-refractivity contribution in [2.75, 3.05) is 39.8 Å². The summed E-state index contributed by atoms with van der Waals surface area (Å²) in [5, 5.41) is 2.70. The zero-order chi connectivity index (χ0) is 23.0. The zero-order valence-corrected chi connectivity index (χ0v) is 19.3. The highest BCUT2D eigenvalue weighted by atomic mass is 16.6. The Kier molecular flexibility index (Phi) is 8.71. The fraction of sp³-hybridized carbons (Fsp3) is 0.609. The van der Waals surface area contributed by atoms with Gasteiger partial charge in [0.05, 0.1) is 18.7 Å². The minimum absolute atomic E-state index is 0.0755. The lowest BCUT2D eigenvalue weighted by atomic mass is 9.97. The molecule has 31 heavy (non-hydrogen) atoms. The van der Waals surface area contributed by atoms with Crippen LogP contribution in [0.4, 0.5) is 4.79 Å². The maximum atomic E-state index is 12.7. The second kappa shape index (κ2) is 11.0. The molecular weight excluding hydrogens is 398 g/mol. The van der Waals surface area contributed by atoms with Crippen molar-refractivity contribution in [2.45, 2.75) is 46.1 Å². The van der Waals surface area contributed by atoms with Gasteiger partial charge >= 0.3 is 6.09 Å². The van der Waals surface area contributed by atoms with Crippen LogP contribution in [0.25, 0.3) is 0 Å². The Morgan fingerprint density at radius 3 is 2.61 bits per heavy atom. The van der Waals surface area contributed by atoms with Gasteiger partial charge in [-0.2, -0.15) is 0 Å². The van der Waals surface area contributed by atoms with E-state index in [0.717, 1.165) is 12.8 Å². The summed E-state index contributed by atoms with van der Waals surface area (Å²) < 4.78 is 10.9. The highest BCUT2D eigenvalue weighted by Gasteiger charge is 2.27. The molecule has 0 spiro atoms. The van der Waals surface area contributed by atoms with Crippen LogP contribution in [0.15, 0.2) is 24.3 Å². The summed E-state index contributed by atoms with van der Waals surface area (Å²) in [6.45, 7) is 9.46. The average molecular weight is 434 g/mol. The number of rotatable bonds is 7. The lowest BCUT2D eigenvalue weighted by molar-refractivity contribution is -0.132. The molecule has 172 valence electrons. The lowest BCUT2D eigenvalue weighted by Gasteiger charge is -2.35. The van der Waals surface area contributed by atoms with Crippen LogP contribution in [0.2, 0.25) is 0 Å². The van der Waals surface area contributed by atoms with Gasteiger partial charge in [-0.25, -0.2) is 4.79 Å². The molecule has 0 bridgehead atoms. The number of hydrogen-bond donors (Lipinski definition) is 1. The maximum absolute atomic E-state index is 12.7. The van der Waals surface area contributed by atoms with Crippen molar-refractivity contribution >= 4 is 17.9 Å². The van der Waals surface area contributed by atoms with Crippen LogP contribution < -0.4 is 10.1 Å². The summed E-state index contributed by atoms with van der Waals surface area (Å²) in [4.78, 5) is 40.7. The first-order chi connectivity index (χ1) is 14.6. The van der Waals surface area contributed by atoms with E-state index in [1.54, 1.807) is 41.1 Å². The Balaban J connectivity index is 1.86. The van der Waals surface area contributed by atoms with Crippen LogP contribution in [0.5, 0.6) is 5.75 Å². The number of likely N-dealkylation sites (tertiary alicyclic amines) is 1. The number of hydrogen-bond acceptors (Lipinski definition) is 5. The number of nitrogens with one attached hydrogen (secondary N) is 1. The van der Waals surface area contributed by atoms with Gasteiger partial charge in [0.1, 0.15) is 11.4 Å². The second-order valence-electron chi connectivity index (χ2n) is 8.82. The highest BCUT2D eigenvalue weighted by molar-refractivity contribution is 5.98. The number of amides is 3. The van der Waals surface area contributed by atoms with Crippen molar-refractivity contribution in [1.82, 2.24) is 15.1 Å². The van der Waals surface area contributed by atoms with Crippen molar-refractivity contribution < 1.29 is 23.9 Å². The predicted octanol–water partition coefficient (Wildman–Crippen LogP) is 2.92. The van der Waals surface area contributed by atoms with Crippen molar-refractivity contribution in [3.05, 3.63) is 29.8 Å². The topological polar surface area (TPSA) is 88.2 Å². The van der Waals surface area contributed by atoms with Gasteiger partial charge in [-0.1, -0.05) is 12.1 Å². The Hall–Kier alpha value is -2.77. The van der Waals surface area contributed by atoms with Crippen LogP contribution in [0, 0.1) is 5.92 Å². The number of carbonyl (C=O) groups excluding carboxylic acids is 3. The molecule has 1 aliphatic rings. The van der Waals surface area contributed by atoms with Crippen LogP contribution in [0.3, 0.4) is 0 Å². The Bertz CT molecular complexity index is 775. The average Bonchev–Trinajstić information content (AvgIpc) is 2.71. The summed E-state index contributed by atoms with van der Waals surface area (Å²) in [5.74, 6) is 0.199. The van der Waals surface area contributed by atoms with Crippen molar-refractivity contribution in [1.29, 1.82) is 0 Å². The molecule has 1 saturated heterocycles. The highest BCUT2D eigenvalue weighted by Crippen LogP contribution is 2.20. The Morgan fingerprint density at radius 2 is 1.94 bits per heavy atom. The third kappa shape index (κ3) is 7.77. The molecule has 2 rings (SSSR count). The molecule has 0 aromatic heterocycles. The normalized spacial score (nSPS) is 16.4. The number of piperidine rings is 1.